The second kappa shape index (κ2) is 10.1. The predicted octanol–water partition coefficient (Wildman–Crippen LogP) is 5.29. The van der Waals surface area contributed by atoms with Gasteiger partial charge in [0, 0.05) is 28.4 Å². The quantitative estimate of drug-likeness (QED) is 0.290. The van der Waals surface area contributed by atoms with Crippen LogP contribution in [0.3, 0.4) is 0 Å². The number of thiophene rings is 1. The molecular formula is C22H18N4O3S2. The van der Waals surface area contributed by atoms with E-state index >= 15 is 0 Å². The zero-order valence-corrected chi connectivity index (χ0v) is 18.2. The molecule has 156 valence electrons. The third kappa shape index (κ3) is 5.80. The third-order valence-electron chi connectivity index (χ3n) is 4.08. The molecule has 2 heterocycles. The summed E-state index contributed by atoms with van der Waals surface area (Å²) in [5, 5.41) is 13.2. The lowest BCUT2D eigenvalue weighted by Crippen LogP contribution is -2.13. The van der Waals surface area contributed by atoms with E-state index in [1.165, 1.54) is 11.8 Å². The first kappa shape index (κ1) is 20.8. The number of hydrogen-bond donors (Lipinski definition) is 1. The highest BCUT2D eigenvalue weighted by Gasteiger charge is 2.12. The smallest absolute Gasteiger partial charge is 0.277 e. The van der Waals surface area contributed by atoms with E-state index in [4.69, 9.17) is 9.15 Å². The van der Waals surface area contributed by atoms with Crippen LogP contribution in [0.5, 0.6) is 5.75 Å². The van der Waals surface area contributed by atoms with Gasteiger partial charge in [0.05, 0.1) is 18.6 Å². The highest BCUT2D eigenvalue weighted by atomic mass is 32.2. The molecule has 0 aliphatic rings. The van der Waals surface area contributed by atoms with Crippen LogP contribution in [-0.2, 0) is 4.79 Å². The van der Waals surface area contributed by atoms with Crippen molar-refractivity contribution in [2.45, 2.75) is 5.22 Å². The molecule has 0 fully saturated rings. The van der Waals surface area contributed by atoms with Crippen LogP contribution in [0, 0.1) is 0 Å². The van der Waals surface area contributed by atoms with Gasteiger partial charge in [0.1, 0.15) is 5.75 Å². The lowest BCUT2D eigenvalue weighted by molar-refractivity contribution is -0.113. The number of aromatic nitrogens is 2. The van der Waals surface area contributed by atoms with Crippen LogP contribution in [0.4, 0.5) is 11.4 Å². The van der Waals surface area contributed by atoms with E-state index in [1.54, 1.807) is 30.6 Å². The van der Waals surface area contributed by atoms with Gasteiger partial charge < -0.3 is 14.5 Å². The van der Waals surface area contributed by atoms with Gasteiger partial charge in [0.2, 0.25) is 11.8 Å². The molecule has 0 bridgehead atoms. The van der Waals surface area contributed by atoms with E-state index in [0.29, 0.717) is 22.6 Å². The average molecular weight is 451 g/mol. The van der Waals surface area contributed by atoms with Crippen molar-refractivity contribution in [3.63, 3.8) is 0 Å². The van der Waals surface area contributed by atoms with Crippen LogP contribution in [-0.4, -0.2) is 35.2 Å². The van der Waals surface area contributed by atoms with Crippen molar-refractivity contribution in [3.05, 3.63) is 70.9 Å². The molecule has 0 unspecified atom stereocenters. The Bertz CT molecular complexity index is 1170. The summed E-state index contributed by atoms with van der Waals surface area (Å²) in [6, 6.07) is 18.7. The summed E-state index contributed by atoms with van der Waals surface area (Å²) in [7, 11) is 1.58. The second-order valence-corrected chi connectivity index (χ2v) is 8.17. The van der Waals surface area contributed by atoms with Crippen LogP contribution in [0.25, 0.3) is 11.5 Å². The number of anilines is 1. The Hall–Kier alpha value is -3.43. The maximum atomic E-state index is 12.2. The molecule has 7 nitrogen and oxygen atoms in total. The van der Waals surface area contributed by atoms with E-state index in [1.807, 2.05) is 60.1 Å². The summed E-state index contributed by atoms with van der Waals surface area (Å²) in [6.45, 7) is 0. The zero-order chi connectivity index (χ0) is 21.5. The minimum atomic E-state index is -0.175. The van der Waals surface area contributed by atoms with Crippen LogP contribution in [0.2, 0.25) is 0 Å². The van der Waals surface area contributed by atoms with E-state index in [2.05, 4.69) is 20.5 Å². The highest BCUT2D eigenvalue weighted by molar-refractivity contribution is 7.99. The number of aliphatic imine (C=N–C) groups is 1. The molecule has 2 aromatic heterocycles. The molecule has 0 saturated carbocycles. The molecule has 1 N–H and O–H groups in total. The van der Waals surface area contributed by atoms with Gasteiger partial charge in [-0.3, -0.25) is 9.79 Å². The summed E-state index contributed by atoms with van der Waals surface area (Å²) in [4.78, 5) is 17.7. The monoisotopic (exact) mass is 450 g/mol. The van der Waals surface area contributed by atoms with Gasteiger partial charge >= 0.3 is 0 Å². The summed E-state index contributed by atoms with van der Waals surface area (Å²) < 4.78 is 10.8. The van der Waals surface area contributed by atoms with Gasteiger partial charge in [0.25, 0.3) is 5.22 Å². The summed E-state index contributed by atoms with van der Waals surface area (Å²) in [5.74, 6) is 1.04. The number of rotatable bonds is 8. The Balaban J connectivity index is 1.32. The predicted molar refractivity (Wildman–Crippen MR) is 124 cm³/mol. The fourth-order valence-electron chi connectivity index (χ4n) is 2.60. The molecule has 4 rings (SSSR count). The Kier molecular flexibility index (Phi) is 6.75. The molecule has 2 aromatic carbocycles. The van der Waals surface area contributed by atoms with Crippen LogP contribution in [0.15, 0.2) is 80.7 Å². The number of benzene rings is 2. The number of ether oxygens (including phenoxy) is 1. The van der Waals surface area contributed by atoms with Gasteiger partial charge in [-0.05, 0) is 47.8 Å². The molecule has 31 heavy (non-hydrogen) atoms. The van der Waals surface area contributed by atoms with Crippen molar-refractivity contribution in [2.24, 2.45) is 4.99 Å². The summed E-state index contributed by atoms with van der Waals surface area (Å²) in [5.41, 5.74) is 2.29. The minimum Gasteiger partial charge on any atom is -0.497 e. The normalized spacial score (nSPS) is 11.0. The van der Waals surface area contributed by atoms with Crippen molar-refractivity contribution in [1.29, 1.82) is 0 Å². The largest absolute Gasteiger partial charge is 0.497 e. The van der Waals surface area contributed by atoms with Crippen LogP contribution >= 0.6 is 23.1 Å². The lowest BCUT2D eigenvalue weighted by Gasteiger charge is -2.05. The van der Waals surface area contributed by atoms with E-state index in [9.17, 15) is 4.79 Å². The Morgan fingerprint density at radius 2 is 2.06 bits per heavy atom. The first-order valence-electron chi connectivity index (χ1n) is 9.28. The summed E-state index contributed by atoms with van der Waals surface area (Å²) in [6.07, 6.45) is 1.83. The lowest BCUT2D eigenvalue weighted by atomic mass is 10.2. The third-order valence-corrected chi connectivity index (χ3v) is 5.71. The van der Waals surface area contributed by atoms with Gasteiger partial charge in [-0.1, -0.05) is 23.9 Å². The SMILES string of the molecule is COc1cccc(NC(=O)CSc2nnc(-c3ccc(N=Cc4cccs4)cc3)o2)c1. The molecule has 0 aliphatic heterocycles. The van der Waals surface area contributed by atoms with Crippen molar-refractivity contribution in [3.8, 4) is 17.2 Å². The number of nitrogens with one attached hydrogen (secondary N) is 1. The number of carbonyl (C=O) groups is 1. The maximum Gasteiger partial charge on any atom is 0.277 e. The fraction of sp³-hybridized carbons (Fsp3) is 0.0909. The van der Waals surface area contributed by atoms with E-state index in [-0.39, 0.29) is 11.7 Å². The number of nitrogens with zero attached hydrogens (tertiary/aromatic N) is 3. The Labute approximate surface area is 187 Å². The van der Waals surface area contributed by atoms with Gasteiger partial charge in [-0.2, -0.15) is 0 Å². The van der Waals surface area contributed by atoms with Crippen LogP contribution in [0.1, 0.15) is 4.88 Å². The average Bonchev–Trinajstić information content (AvgIpc) is 3.49. The topological polar surface area (TPSA) is 89.6 Å². The number of carbonyl (C=O) groups excluding carboxylic acids is 1. The number of hydrogen-bond acceptors (Lipinski definition) is 8. The molecule has 0 saturated heterocycles. The molecule has 0 spiro atoms. The van der Waals surface area contributed by atoms with Crippen molar-refractivity contribution in [2.75, 3.05) is 18.2 Å². The molecule has 4 aromatic rings. The maximum absolute atomic E-state index is 12.2. The second-order valence-electron chi connectivity index (χ2n) is 6.26. The van der Waals surface area contributed by atoms with Gasteiger partial charge in [0.15, 0.2) is 0 Å². The van der Waals surface area contributed by atoms with E-state index in [0.717, 1.165) is 16.1 Å². The highest BCUT2D eigenvalue weighted by Crippen LogP contribution is 2.25. The Morgan fingerprint density at radius 3 is 2.84 bits per heavy atom. The zero-order valence-electron chi connectivity index (χ0n) is 16.5. The van der Waals surface area contributed by atoms with Crippen molar-refractivity contribution in [1.82, 2.24) is 10.2 Å². The fourth-order valence-corrected chi connectivity index (χ4v) is 3.75. The molecule has 0 radical (unpaired) electrons. The molecule has 0 atom stereocenters. The van der Waals surface area contributed by atoms with Crippen molar-refractivity contribution >= 4 is 46.6 Å². The number of amides is 1. The van der Waals surface area contributed by atoms with Gasteiger partial charge in [-0.25, -0.2) is 0 Å². The molecule has 9 heteroatoms. The Morgan fingerprint density at radius 1 is 1.19 bits per heavy atom. The number of thioether (sulfide) groups is 1. The first-order valence-corrected chi connectivity index (χ1v) is 11.1. The van der Waals surface area contributed by atoms with Crippen molar-refractivity contribution < 1.29 is 13.9 Å². The van der Waals surface area contributed by atoms with Gasteiger partial charge in [-0.15, -0.1) is 21.5 Å². The summed E-state index contributed by atoms with van der Waals surface area (Å²) >= 11 is 2.81. The van der Waals surface area contributed by atoms with E-state index < -0.39 is 0 Å². The standard InChI is InChI=1S/C22H18N4O3S2/c1-28-18-5-2-4-17(12-18)24-20(27)14-31-22-26-25-21(29-22)15-7-9-16(10-8-15)23-13-19-6-3-11-30-19/h2-13H,14H2,1H3,(H,24,27). The molecule has 0 aliphatic carbocycles. The first-order chi connectivity index (χ1) is 15.2. The molecular weight excluding hydrogens is 432 g/mol. The minimum absolute atomic E-state index is 0.148. The van der Waals surface area contributed by atoms with Crippen LogP contribution < -0.4 is 10.1 Å². The molecule has 1 amide bonds. The number of methoxy groups -OCH3 is 1.